The van der Waals surface area contributed by atoms with E-state index in [2.05, 4.69) is 16.4 Å². The summed E-state index contributed by atoms with van der Waals surface area (Å²) in [6, 6.07) is 18.1. The molecule has 0 aliphatic carbocycles. The van der Waals surface area contributed by atoms with E-state index in [0.29, 0.717) is 26.1 Å². The molecule has 1 fully saturated rings. The Hall–Kier alpha value is -3.21. The molecule has 0 spiro atoms. The maximum Gasteiger partial charge on any atom is 0.225 e. The lowest BCUT2D eigenvalue weighted by Crippen LogP contribution is -2.44. The van der Waals surface area contributed by atoms with Gasteiger partial charge in [-0.2, -0.15) is 0 Å². The Morgan fingerprint density at radius 2 is 1.74 bits per heavy atom. The van der Waals surface area contributed by atoms with Crippen LogP contribution in [0, 0.1) is 11.8 Å². The van der Waals surface area contributed by atoms with E-state index in [1.807, 2.05) is 72.7 Å². The molecule has 2 amide bonds. The molecule has 1 saturated heterocycles. The Morgan fingerprint density at radius 3 is 2.52 bits per heavy atom. The van der Waals surface area contributed by atoms with Crippen molar-refractivity contribution in [2.24, 2.45) is 11.8 Å². The van der Waals surface area contributed by atoms with Crippen molar-refractivity contribution in [1.82, 2.24) is 15.2 Å². The fourth-order valence-corrected chi connectivity index (χ4v) is 4.36. The van der Waals surface area contributed by atoms with Crippen LogP contribution < -0.4 is 5.32 Å². The monoisotopic (exact) mass is 415 g/mol. The van der Waals surface area contributed by atoms with Gasteiger partial charge in [-0.25, -0.2) is 0 Å². The van der Waals surface area contributed by atoms with Crippen LogP contribution in [0.3, 0.4) is 0 Å². The van der Waals surface area contributed by atoms with Crippen LogP contribution in [0.15, 0.2) is 67.0 Å². The molecule has 4 rings (SSSR count). The van der Waals surface area contributed by atoms with Crippen LogP contribution in [0.5, 0.6) is 0 Å². The number of aromatic nitrogens is 1. The molecule has 31 heavy (non-hydrogen) atoms. The lowest BCUT2D eigenvalue weighted by Gasteiger charge is -2.33. The molecule has 160 valence electrons. The topological polar surface area (TPSA) is 62.3 Å². The second kappa shape index (κ2) is 9.73. The van der Waals surface area contributed by atoms with Gasteiger partial charge in [0.1, 0.15) is 0 Å². The first-order chi connectivity index (χ1) is 15.1. The average Bonchev–Trinajstić information content (AvgIpc) is 2.83. The highest BCUT2D eigenvalue weighted by molar-refractivity contribution is 5.86. The lowest BCUT2D eigenvalue weighted by molar-refractivity contribution is -0.138. The van der Waals surface area contributed by atoms with E-state index in [1.54, 1.807) is 0 Å². The maximum atomic E-state index is 13.0. The van der Waals surface area contributed by atoms with E-state index in [4.69, 9.17) is 0 Å². The third-order valence-corrected chi connectivity index (χ3v) is 6.19. The van der Waals surface area contributed by atoms with Gasteiger partial charge in [0.15, 0.2) is 0 Å². The lowest BCUT2D eigenvalue weighted by atomic mass is 9.93. The van der Waals surface area contributed by atoms with Crippen molar-refractivity contribution in [3.05, 3.63) is 78.1 Å². The summed E-state index contributed by atoms with van der Waals surface area (Å²) in [5.41, 5.74) is 2.20. The zero-order chi connectivity index (χ0) is 21.6. The molecular formula is C26H29N3O2. The van der Waals surface area contributed by atoms with Crippen LogP contribution in [-0.4, -0.2) is 34.8 Å². The zero-order valence-electron chi connectivity index (χ0n) is 18.0. The van der Waals surface area contributed by atoms with E-state index in [9.17, 15) is 9.59 Å². The van der Waals surface area contributed by atoms with Gasteiger partial charge in [-0.15, -0.1) is 0 Å². The maximum absolute atomic E-state index is 13.0. The first-order valence-corrected chi connectivity index (χ1v) is 11.0. The number of pyridine rings is 1. The largest absolute Gasteiger partial charge is 0.352 e. The number of likely N-dealkylation sites (tertiary alicyclic amines) is 1. The van der Waals surface area contributed by atoms with Gasteiger partial charge in [-0.3, -0.25) is 14.6 Å². The molecule has 1 aliphatic rings. The molecule has 2 heterocycles. The fraction of sp³-hybridized carbons (Fsp3) is 0.346. The van der Waals surface area contributed by atoms with Crippen molar-refractivity contribution in [2.45, 2.75) is 32.7 Å². The van der Waals surface area contributed by atoms with E-state index in [-0.39, 0.29) is 23.7 Å². The molecule has 1 atom stereocenters. The van der Waals surface area contributed by atoms with Gasteiger partial charge in [0.25, 0.3) is 0 Å². The summed E-state index contributed by atoms with van der Waals surface area (Å²) in [6.07, 6.45) is 5.84. The molecule has 5 heteroatoms. The van der Waals surface area contributed by atoms with Crippen LogP contribution in [-0.2, 0) is 22.6 Å². The van der Waals surface area contributed by atoms with Gasteiger partial charge in [-0.1, -0.05) is 61.5 Å². The minimum atomic E-state index is -0.115. The smallest absolute Gasteiger partial charge is 0.225 e. The van der Waals surface area contributed by atoms with Crippen molar-refractivity contribution in [3.63, 3.8) is 0 Å². The van der Waals surface area contributed by atoms with E-state index < -0.39 is 0 Å². The highest BCUT2D eigenvalue weighted by Gasteiger charge is 2.29. The number of benzene rings is 2. The first-order valence-electron chi connectivity index (χ1n) is 11.0. The number of piperidine rings is 1. The summed E-state index contributed by atoms with van der Waals surface area (Å²) >= 11 is 0. The summed E-state index contributed by atoms with van der Waals surface area (Å²) in [5, 5.41) is 5.29. The number of fused-ring (bicyclic) bond motifs is 1. The Morgan fingerprint density at radius 1 is 1.03 bits per heavy atom. The number of nitrogens with zero attached hydrogens (tertiary/aromatic N) is 2. The quantitative estimate of drug-likeness (QED) is 0.663. The summed E-state index contributed by atoms with van der Waals surface area (Å²) < 4.78 is 0. The van der Waals surface area contributed by atoms with Gasteiger partial charge in [0.2, 0.25) is 11.8 Å². The standard InChI is InChI=1S/C26H29N3O2/c1-19(15-23-18-27-17-22-9-5-6-10-24(22)23)26(31)29-13-11-21(12-14-29)25(30)28-16-20-7-3-2-4-8-20/h2-10,17-19,21H,11-16H2,1H3,(H,28,30)/t19-/m0/s1. The van der Waals surface area contributed by atoms with Crippen LogP contribution in [0.4, 0.5) is 0 Å². The van der Waals surface area contributed by atoms with Crippen molar-refractivity contribution < 1.29 is 9.59 Å². The summed E-state index contributed by atoms with van der Waals surface area (Å²) in [5.74, 6) is 0.114. The van der Waals surface area contributed by atoms with Crippen LogP contribution in [0.1, 0.15) is 30.9 Å². The summed E-state index contributed by atoms with van der Waals surface area (Å²) in [4.78, 5) is 31.8. The van der Waals surface area contributed by atoms with Gasteiger partial charge < -0.3 is 10.2 Å². The predicted molar refractivity (Wildman–Crippen MR) is 122 cm³/mol. The molecule has 0 radical (unpaired) electrons. The minimum Gasteiger partial charge on any atom is -0.352 e. The molecule has 3 aromatic rings. The van der Waals surface area contributed by atoms with E-state index in [0.717, 1.165) is 34.7 Å². The van der Waals surface area contributed by atoms with E-state index >= 15 is 0 Å². The Kier molecular flexibility index (Phi) is 6.60. The van der Waals surface area contributed by atoms with Crippen molar-refractivity contribution >= 4 is 22.6 Å². The third-order valence-electron chi connectivity index (χ3n) is 6.19. The molecule has 2 aromatic carbocycles. The van der Waals surface area contributed by atoms with E-state index in [1.165, 1.54) is 0 Å². The Balaban J connectivity index is 1.29. The van der Waals surface area contributed by atoms with Gasteiger partial charge >= 0.3 is 0 Å². The average molecular weight is 416 g/mol. The number of carbonyl (C=O) groups excluding carboxylic acids is 2. The minimum absolute atomic E-state index is 0.0228. The molecule has 0 bridgehead atoms. The summed E-state index contributed by atoms with van der Waals surface area (Å²) in [7, 11) is 0. The molecule has 5 nitrogen and oxygen atoms in total. The van der Waals surface area contributed by atoms with Gasteiger partial charge in [-0.05, 0) is 35.8 Å². The van der Waals surface area contributed by atoms with Crippen molar-refractivity contribution in [3.8, 4) is 0 Å². The third kappa shape index (κ3) is 5.10. The Bertz CT molecular complexity index is 1040. The van der Waals surface area contributed by atoms with Crippen molar-refractivity contribution in [2.75, 3.05) is 13.1 Å². The second-order valence-corrected chi connectivity index (χ2v) is 8.43. The number of carbonyl (C=O) groups is 2. The molecule has 1 aromatic heterocycles. The zero-order valence-corrected chi connectivity index (χ0v) is 18.0. The Labute approximate surface area is 183 Å². The fourth-order valence-electron chi connectivity index (χ4n) is 4.36. The number of hydrogen-bond acceptors (Lipinski definition) is 3. The van der Waals surface area contributed by atoms with Crippen LogP contribution in [0.25, 0.3) is 10.8 Å². The number of hydrogen-bond donors (Lipinski definition) is 1. The number of nitrogens with one attached hydrogen (secondary N) is 1. The van der Waals surface area contributed by atoms with Crippen LogP contribution >= 0.6 is 0 Å². The highest BCUT2D eigenvalue weighted by Crippen LogP contribution is 2.23. The number of amides is 2. The van der Waals surface area contributed by atoms with Gasteiger partial charge in [0.05, 0.1) is 0 Å². The SMILES string of the molecule is C[C@@H](Cc1cncc2ccccc12)C(=O)N1CCC(C(=O)NCc2ccccc2)CC1. The number of rotatable bonds is 6. The molecule has 1 N–H and O–H groups in total. The predicted octanol–water partition coefficient (Wildman–Crippen LogP) is 3.97. The van der Waals surface area contributed by atoms with Gasteiger partial charge in [0, 0.05) is 49.2 Å². The molecular weight excluding hydrogens is 386 g/mol. The molecule has 0 saturated carbocycles. The second-order valence-electron chi connectivity index (χ2n) is 8.43. The van der Waals surface area contributed by atoms with Crippen LogP contribution in [0.2, 0.25) is 0 Å². The first kappa shape index (κ1) is 21.0. The highest BCUT2D eigenvalue weighted by atomic mass is 16.2. The summed E-state index contributed by atoms with van der Waals surface area (Å²) in [6.45, 7) is 3.82. The van der Waals surface area contributed by atoms with Crippen molar-refractivity contribution in [1.29, 1.82) is 0 Å². The molecule has 1 aliphatic heterocycles. The molecule has 0 unspecified atom stereocenters. The normalized spacial score (nSPS) is 15.6.